The second-order valence-corrected chi connectivity index (χ2v) is 1.82. The molecular weight excluding hydrogens is 140 g/mol. The fraction of sp³-hybridized carbons (Fsp3) is 0.333. The van der Waals surface area contributed by atoms with E-state index in [1.54, 1.807) is 24.2 Å². The Kier molecular flexibility index (Phi) is 4.87. The van der Waals surface area contributed by atoms with Crippen molar-refractivity contribution < 1.29 is 9.90 Å². The monoisotopic (exact) mass is 152 g/mol. The average Bonchev–Trinajstić information content (AvgIpc) is 2.08. The standard InChI is InChI=1S/C7H6O2.C2H6/c8-5-6-2-1-3-7(9)4-6;1-2/h1-3,9H,4H2;1-2H3. The lowest BCUT2D eigenvalue weighted by Gasteiger charge is -1.99. The minimum absolute atomic E-state index is 0.218. The Labute approximate surface area is 66.5 Å². The van der Waals surface area contributed by atoms with Crippen molar-refractivity contribution in [3.63, 3.8) is 0 Å². The first-order valence-electron chi connectivity index (χ1n) is 3.63. The van der Waals surface area contributed by atoms with Crippen LogP contribution in [0.1, 0.15) is 20.3 Å². The van der Waals surface area contributed by atoms with Gasteiger partial charge >= 0.3 is 0 Å². The lowest BCUT2D eigenvalue weighted by Crippen LogP contribution is -1.88. The molecule has 0 amide bonds. The minimum atomic E-state index is 0.218. The van der Waals surface area contributed by atoms with Gasteiger partial charge in [0.1, 0.15) is 5.94 Å². The Balaban J connectivity index is 0.000000461. The molecule has 0 heterocycles. The molecule has 2 heteroatoms. The molecule has 0 aliphatic heterocycles. The molecule has 60 valence electrons. The number of rotatable bonds is 0. The molecule has 0 atom stereocenters. The van der Waals surface area contributed by atoms with Crippen molar-refractivity contribution in [3.05, 3.63) is 29.6 Å². The second kappa shape index (κ2) is 5.51. The molecule has 2 nitrogen and oxygen atoms in total. The van der Waals surface area contributed by atoms with Crippen LogP contribution in [-0.4, -0.2) is 11.0 Å². The third-order valence-electron chi connectivity index (χ3n) is 1.09. The highest BCUT2D eigenvalue weighted by Crippen LogP contribution is 2.11. The van der Waals surface area contributed by atoms with Crippen molar-refractivity contribution in [2.75, 3.05) is 0 Å². The predicted molar refractivity (Wildman–Crippen MR) is 45.0 cm³/mol. The first-order valence-corrected chi connectivity index (χ1v) is 3.63. The number of aliphatic hydroxyl groups excluding tert-OH is 1. The topological polar surface area (TPSA) is 37.3 Å². The van der Waals surface area contributed by atoms with Gasteiger partial charge < -0.3 is 5.11 Å². The normalized spacial score (nSPS) is 14.4. The number of allylic oxidation sites excluding steroid dienone is 4. The molecule has 1 aliphatic carbocycles. The number of aliphatic hydroxyl groups is 1. The highest BCUT2D eigenvalue weighted by atomic mass is 16.3. The van der Waals surface area contributed by atoms with Gasteiger partial charge in [0, 0.05) is 12.0 Å². The minimum Gasteiger partial charge on any atom is -0.512 e. The highest BCUT2D eigenvalue weighted by Gasteiger charge is 2.00. The van der Waals surface area contributed by atoms with Gasteiger partial charge in [-0.05, 0) is 12.2 Å². The van der Waals surface area contributed by atoms with E-state index in [1.165, 1.54) is 0 Å². The Morgan fingerprint density at radius 2 is 2.18 bits per heavy atom. The van der Waals surface area contributed by atoms with Crippen LogP contribution in [0.2, 0.25) is 0 Å². The van der Waals surface area contributed by atoms with Gasteiger partial charge in [0.2, 0.25) is 0 Å². The molecule has 0 saturated carbocycles. The summed E-state index contributed by atoms with van der Waals surface area (Å²) in [5.74, 6) is 1.93. The van der Waals surface area contributed by atoms with Crippen LogP contribution in [-0.2, 0) is 4.79 Å². The maximum absolute atomic E-state index is 9.95. The fourth-order valence-electron chi connectivity index (χ4n) is 0.658. The van der Waals surface area contributed by atoms with Gasteiger partial charge in [-0.15, -0.1) is 0 Å². The molecule has 0 bridgehead atoms. The van der Waals surface area contributed by atoms with Crippen molar-refractivity contribution in [2.45, 2.75) is 20.3 Å². The summed E-state index contributed by atoms with van der Waals surface area (Å²) in [6.45, 7) is 4.00. The van der Waals surface area contributed by atoms with E-state index in [1.807, 2.05) is 13.8 Å². The van der Waals surface area contributed by atoms with Crippen LogP contribution in [0.15, 0.2) is 29.6 Å². The Morgan fingerprint density at radius 3 is 2.55 bits per heavy atom. The molecule has 0 aromatic carbocycles. The van der Waals surface area contributed by atoms with Crippen molar-refractivity contribution in [2.24, 2.45) is 0 Å². The smallest absolute Gasteiger partial charge is 0.128 e. The first kappa shape index (κ1) is 9.73. The Bertz CT molecular complexity index is 218. The largest absolute Gasteiger partial charge is 0.512 e. The van der Waals surface area contributed by atoms with Gasteiger partial charge in [0.15, 0.2) is 0 Å². The lowest BCUT2D eigenvalue weighted by molar-refractivity contribution is 0.398. The SMILES string of the molecule is CC.O=C=C1C=CC=C(O)C1. The first-order chi connectivity index (χ1) is 5.33. The van der Waals surface area contributed by atoms with E-state index in [9.17, 15) is 4.79 Å². The van der Waals surface area contributed by atoms with E-state index in [0.717, 1.165) is 0 Å². The molecule has 0 radical (unpaired) electrons. The zero-order valence-electron chi connectivity index (χ0n) is 6.79. The third kappa shape index (κ3) is 3.43. The van der Waals surface area contributed by atoms with Crippen LogP contribution in [0.3, 0.4) is 0 Å². The number of carbonyl (C=O) groups excluding carboxylic acids is 1. The van der Waals surface area contributed by atoms with Crippen LogP contribution < -0.4 is 0 Å². The summed E-state index contributed by atoms with van der Waals surface area (Å²) in [5, 5.41) is 8.82. The van der Waals surface area contributed by atoms with E-state index in [2.05, 4.69) is 0 Å². The summed E-state index contributed by atoms with van der Waals surface area (Å²) in [6, 6.07) is 0. The van der Waals surface area contributed by atoms with Gasteiger partial charge in [0.25, 0.3) is 0 Å². The molecule has 0 aromatic heterocycles. The quantitative estimate of drug-likeness (QED) is 0.540. The zero-order chi connectivity index (χ0) is 8.69. The van der Waals surface area contributed by atoms with E-state index >= 15 is 0 Å². The summed E-state index contributed by atoms with van der Waals surface area (Å²) in [7, 11) is 0. The molecule has 11 heavy (non-hydrogen) atoms. The van der Waals surface area contributed by atoms with Gasteiger partial charge in [-0.25, -0.2) is 4.79 Å². The molecule has 0 spiro atoms. The van der Waals surface area contributed by atoms with E-state index < -0.39 is 0 Å². The Hall–Kier alpha value is -1.27. The van der Waals surface area contributed by atoms with Crippen molar-refractivity contribution in [1.29, 1.82) is 0 Å². The van der Waals surface area contributed by atoms with E-state index in [0.29, 0.717) is 12.0 Å². The molecular formula is C9H12O2. The van der Waals surface area contributed by atoms with Crippen LogP contribution >= 0.6 is 0 Å². The zero-order valence-corrected chi connectivity index (χ0v) is 6.79. The Morgan fingerprint density at radius 1 is 1.55 bits per heavy atom. The van der Waals surface area contributed by atoms with Crippen molar-refractivity contribution in [3.8, 4) is 0 Å². The fourth-order valence-corrected chi connectivity index (χ4v) is 0.658. The van der Waals surface area contributed by atoms with Gasteiger partial charge in [-0.1, -0.05) is 19.9 Å². The van der Waals surface area contributed by atoms with Crippen LogP contribution in [0.4, 0.5) is 0 Å². The number of hydrogen-bond acceptors (Lipinski definition) is 2. The van der Waals surface area contributed by atoms with Gasteiger partial charge in [-0.2, -0.15) is 0 Å². The molecule has 1 rings (SSSR count). The highest BCUT2D eigenvalue weighted by molar-refractivity contribution is 5.59. The lowest BCUT2D eigenvalue weighted by atomic mass is 10.1. The van der Waals surface area contributed by atoms with Gasteiger partial charge in [-0.3, -0.25) is 0 Å². The molecule has 0 fully saturated rings. The molecule has 1 aliphatic rings. The summed E-state index contributed by atoms with van der Waals surface area (Å²) < 4.78 is 0. The maximum Gasteiger partial charge on any atom is 0.128 e. The van der Waals surface area contributed by atoms with Crippen LogP contribution in [0, 0.1) is 0 Å². The molecule has 0 saturated heterocycles. The maximum atomic E-state index is 9.95. The van der Waals surface area contributed by atoms with Crippen molar-refractivity contribution in [1.82, 2.24) is 0 Å². The van der Waals surface area contributed by atoms with E-state index in [-0.39, 0.29) is 5.76 Å². The van der Waals surface area contributed by atoms with Crippen molar-refractivity contribution >= 4 is 5.94 Å². The second-order valence-electron chi connectivity index (χ2n) is 1.82. The summed E-state index contributed by atoms with van der Waals surface area (Å²) >= 11 is 0. The summed E-state index contributed by atoms with van der Waals surface area (Å²) in [5.41, 5.74) is 0.495. The summed E-state index contributed by atoms with van der Waals surface area (Å²) in [6.07, 6.45) is 5.13. The van der Waals surface area contributed by atoms with E-state index in [4.69, 9.17) is 5.11 Å². The summed E-state index contributed by atoms with van der Waals surface area (Å²) in [4.78, 5) is 9.95. The molecule has 0 unspecified atom stereocenters. The van der Waals surface area contributed by atoms with Gasteiger partial charge in [0.05, 0.1) is 5.76 Å². The molecule has 0 aromatic rings. The van der Waals surface area contributed by atoms with Crippen LogP contribution in [0.25, 0.3) is 0 Å². The third-order valence-corrected chi connectivity index (χ3v) is 1.09. The molecule has 1 N–H and O–H groups in total. The number of hydrogen-bond donors (Lipinski definition) is 1. The van der Waals surface area contributed by atoms with Crippen LogP contribution in [0.5, 0.6) is 0 Å². The average molecular weight is 152 g/mol. The predicted octanol–water partition coefficient (Wildman–Crippen LogP) is 2.17.